The van der Waals surface area contributed by atoms with Crippen molar-refractivity contribution in [1.29, 1.82) is 0 Å². The largest absolute Gasteiger partial charge is 0.365 e. The molecule has 0 aromatic heterocycles. The van der Waals surface area contributed by atoms with Gasteiger partial charge in [-0.05, 0) is 78.2 Å². The number of rotatable bonds is 6. The van der Waals surface area contributed by atoms with Crippen molar-refractivity contribution in [1.82, 2.24) is 4.90 Å². The van der Waals surface area contributed by atoms with Crippen molar-refractivity contribution in [2.45, 2.75) is 70.3 Å². The topological polar surface area (TPSA) is 41.6 Å². The minimum Gasteiger partial charge on any atom is -0.365 e. The van der Waals surface area contributed by atoms with Crippen LogP contribution in [0.15, 0.2) is 65.7 Å². The molecule has 1 saturated heterocycles. The molecule has 2 unspecified atom stereocenters. The summed E-state index contributed by atoms with van der Waals surface area (Å²) in [6.07, 6.45) is 10.4. The molecule has 5 fully saturated rings. The fourth-order valence-electron chi connectivity index (χ4n) is 8.79. The first-order chi connectivity index (χ1) is 17.8. The minimum atomic E-state index is 0.109. The quantitative estimate of drug-likeness (QED) is 0.356. The minimum absolute atomic E-state index is 0.109. The van der Waals surface area contributed by atoms with Gasteiger partial charge in [-0.15, -0.1) is 0 Å². The Morgan fingerprint density at radius 1 is 1.00 bits per heavy atom. The van der Waals surface area contributed by atoms with Crippen LogP contribution in [0.5, 0.6) is 0 Å². The molecule has 0 amide bonds. The Morgan fingerprint density at radius 2 is 1.65 bits per heavy atom. The van der Waals surface area contributed by atoms with E-state index in [2.05, 4.69) is 85.6 Å². The number of aliphatic imine (C=N–C) groups is 1. The van der Waals surface area contributed by atoms with E-state index >= 15 is 0 Å². The van der Waals surface area contributed by atoms with Gasteiger partial charge in [-0.2, -0.15) is 0 Å². The lowest BCUT2D eigenvalue weighted by atomic mass is 9.40. The number of hydrogen-bond acceptors (Lipinski definition) is 3. The zero-order chi connectivity index (χ0) is 25.7. The summed E-state index contributed by atoms with van der Waals surface area (Å²) in [4.78, 5) is 8.84. The molecule has 4 aliphatic carbocycles. The van der Waals surface area contributed by atoms with E-state index in [9.17, 15) is 0 Å². The summed E-state index contributed by atoms with van der Waals surface area (Å²) in [5.41, 5.74) is 9.92. The number of thiocarbonyl (C=S) groups is 1. The molecule has 1 heterocycles. The van der Waals surface area contributed by atoms with Gasteiger partial charge in [0.05, 0.1) is 4.99 Å². The molecule has 2 N–H and O–H groups in total. The SMILES string of the molecule is CC1(C)CN(C(=S)C23CC4CC(c5ccccc5)(CC(C2)C4C/N=C/Cc2ccccc2)C3)CC[C@@H]1N. The summed E-state index contributed by atoms with van der Waals surface area (Å²) < 4.78 is 0. The van der Waals surface area contributed by atoms with Crippen molar-refractivity contribution in [3.63, 3.8) is 0 Å². The third-order valence-corrected chi connectivity index (χ3v) is 11.2. The second kappa shape index (κ2) is 9.61. The van der Waals surface area contributed by atoms with Crippen LogP contribution in [-0.4, -0.2) is 41.8 Å². The second-order valence-electron chi connectivity index (χ2n) is 13.5. The third kappa shape index (κ3) is 4.59. The van der Waals surface area contributed by atoms with Crippen LogP contribution in [0.3, 0.4) is 0 Å². The summed E-state index contributed by atoms with van der Waals surface area (Å²) in [5.74, 6) is 2.09. The fourth-order valence-corrected chi connectivity index (χ4v) is 9.18. The summed E-state index contributed by atoms with van der Waals surface area (Å²) in [7, 11) is 0. The molecule has 3 atom stereocenters. The van der Waals surface area contributed by atoms with Crippen molar-refractivity contribution in [2.75, 3.05) is 19.6 Å². The molecule has 7 rings (SSSR count). The highest BCUT2D eigenvalue weighted by Gasteiger charge is 2.63. The van der Waals surface area contributed by atoms with Crippen molar-refractivity contribution in [3.8, 4) is 0 Å². The van der Waals surface area contributed by atoms with E-state index in [0.29, 0.717) is 17.8 Å². The molecule has 0 spiro atoms. The van der Waals surface area contributed by atoms with E-state index in [4.69, 9.17) is 22.9 Å². The summed E-state index contributed by atoms with van der Waals surface area (Å²) in [5, 5.41) is 0. The van der Waals surface area contributed by atoms with Gasteiger partial charge >= 0.3 is 0 Å². The molecule has 3 nitrogen and oxygen atoms in total. The van der Waals surface area contributed by atoms with Gasteiger partial charge in [0.25, 0.3) is 0 Å². The molecule has 2 aromatic carbocycles. The normalized spacial score (nSPS) is 36.2. The number of nitrogens with zero attached hydrogens (tertiary/aromatic N) is 2. The Bertz CT molecular complexity index is 1120. The number of likely N-dealkylation sites (tertiary alicyclic amines) is 1. The van der Waals surface area contributed by atoms with Gasteiger partial charge in [0.15, 0.2) is 0 Å². The number of nitrogens with two attached hydrogens (primary N) is 1. The highest BCUT2D eigenvalue weighted by molar-refractivity contribution is 7.80. The Labute approximate surface area is 228 Å². The van der Waals surface area contributed by atoms with E-state index in [0.717, 1.165) is 32.5 Å². The van der Waals surface area contributed by atoms with E-state index in [1.807, 2.05) is 0 Å². The molecule has 4 bridgehead atoms. The monoisotopic (exact) mass is 513 g/mol. The lowest BCUT2D eigenvalue weighted by Crippen LogP contribution is -2.64. The predicted octanol–water partition coefficient (Wildman–Crippen LogP) is 6.45. The first-order valence-electron chi connectivity index (χ1n) is 14.4. The van der Waals surface area contributed by atoms with Gasteiger partial charge in [0.1, 0.15) is 0 Å². The van der Waals surface area contributed by atoms with Crippen LogP contribution >= 0.6 is 12.2 Å². The van der Waals surface area contributed by atoms with Gasteiger partial charge in [-0.25, -0.2) is 0 Å². The average molecular weight is 514 g/mol. The molecular weight excluding hydrogens is 470 g/mol. The highest BCUT2D eigenvalue weighted by Crippen LogP contribution is 2.68. The molecule has 2 aromatic rings. The van der Waals surface area contributed by atoms with Crippen molar-refractivity contribution >= 4 is 23.4 Å². The van der Waals surface area contributed by atoms with Gasteiger partial charge in [-0.1, -0.05) is 86.7 Å². The van der Waals surface area contributed by atoms with Crippen LogP contribution in [0.25, 0.3) is 0 Å². The first kappa shape index (κ1) is 25.2. The zero-order valence-electron chi connectivity index (χ0n) is 22.6. The van der Waals surface area contributed by atoms with Crippen molar-refractivity contribution in [3.05, 3.63) is 71.8 Å². The van der Waals surface area contributed by atoms with Crippen LogP contribution in [0.4, 0.5) is 0 Å². The Hall–Kier alpha value is -2.04. The summed E-state index contributed by atoms with van der Waals surface area (Å²) in [6, 6.07) is 22.4. The number of benzene rings is 2. The maximum atomic E-state index is 6.51. The molecule has 4 heteroatoms. The van der Waals surface area contributed by atoms with Gasteiger partial charge < -0.3 is 10.6 Å². The Morgan fingerprint density at radius 3 is 2.30 bits per heavy atom. The van der Waals surface area contributed by atoms with Crippen LogP contribution in [-0.2, 0) is 11.8 Å². The van der Waals surface area contributed by atoms with E-state index < -0.39 is 0 Å². The fraction of sp³-hybridized carbons (Fsp3) is 0.576. The van der Waals surface area contributed by atoms with Gasteiger partial charge in [0.2, 0.25) is 0 Å². The average Bonchev–Trinajstić information content (AvgIpc) is 2.90. The van der Waals surface area contributed by atoms with Crippen LogP contribution in [0, 0.1) is 28.6 Å². The molecule has 5 aliphatic rings. The van der Waals surface area contributed by atoms with E-state index in [1.54, 1.807) is 5.56 Å². The lowest BCUT2D eigenvalue weighted by Gasteiger charge is -2.66. The van der Waals surface area contributed by atoms with Gasteiger partial charge in [0, 0.05) is 43.7 Å². The maximum Gasteiger partial charge on any atom is 0.0842 e. The standard InChI is InChI=1S/C33H43N3S/c1-31(2)23-36(16-14-29(31)34)30(37)33-19-25-17-32(22-33,27-11-7-4-8-12-27)18-26(20-33)28(25)21-35-15-13-24-9-5-3-6-10-24/h3-12,15,25-26,28-29H,13-14,16-23,34H2,1-2H3/b35-15+/t25?,26?,28?,29-,32?,33?/m0/s1. The van der Waals surface area contributed by atoms with Crippen LogP contribution < -0.4 is 5.73 Å². The van der Waals surface area contributed by atoms with Crippen LogP contribution in [0.1, 0.15) is 63.5 Å². The Kier molecular flexibility index (Phi) is 6.56. The molecule has 196 valence electrons. The molecule has 4 saturated carbocycles. The first-order valence-corrected chi connectivity index (χ1v) is 14.8. The van der Waals surface area contributed by atoms with Crippen molar-refractivity contribution in [2.24, 2.45) is 39.3 Å². The maximum absolute atomic E-state index is 6.51. The third-order valence-electron chi connectivity index (χ3n) is 10.6. The second-order valence-corrected chi connectivity index (χ2v) is 13.8. The molecule has 0 radical (unpaired) electrons. The predicted molar refractivity (Wildman–Crippen MR) is 158 cm³/mol. The molecule has 1 aliphatic heterocycles. The lowest BCUT2D eigenvalue weighted by molar-refractivity contribution is -0.0813. The highest BCUT2D eigenvalue weighted by atomic mass is 32.1. The summed E-state index contributed by atoms with van der Waals surface area (Å²) >= 11 is 6.46. The molecule has 37 heavy (non-hydrogen) atoms. The Balaban J connectivity index is 1.25. The van der Waals surface area contributed by atoms with Crippen LogP contribution in [0.2, 0.25) is 0 Å². The van der Waals surface area contributed by atoms with E-state index in [1.165, 1.54) is 42.7 Å². The number of hydrogen-bond donors (Lipinski definition) is 1. The number of piperidine rings is 1. The smallest absolute Gasteiger partial charge is 0.0842 e. The van der Waals surface area contributed by atoms with Gasteiger partial charge in [-0.3, -0.25) is 4.99 Å². The molecular formula is C33H43N3S. The van der Waals surface area contributed by atoms with Crippen molar-refractivity contribution < 1.29 is 0 Å². The summed E-state index contributed by atoms with van der Waals surface area (Å²) in [6.45, 7) is 7.63. The van der Waals surface area contributed by atoms with E-state index in [-0.39, 0.29) is 22.3 Å². The zero-order valence-corrected chi connectivity index (χ0v) is 23.4.